The molecular weight excluding hydrogens is 198 g/mol. The van der Waals surface area contributed by atoms with Crippen molar-refractivity contribution in [2.75, 3.05) is 19.3 Å². The second-order valence-electron chi connectivity index (χ2n) is 4.71. The van der Waals surface area contributed by atoms with Crippen molar-refractivity contribution in [2.45, 2.75) is 32.1 Å². The molecule has 4 heteroatoms. The van der Waals surface area contributed by atoms with Crippen LogP contribution in [-0.4, -0.2) is 32.1 Å². The van der Waals surface area contributed by atoms with E-state index in [2.05, 4.69) is 0 Å². The Morgan fingerprint density at radius 3 is 2.36 bits per heavy atom. The molecule has 0 aromatic heterocycles. The SMILES string of the molecule is CS(=O)(=O)N1CCC2CCCCC2C1. The van der Waals surface area contributed by atoms with Gasteiger partial charge in [0.25, 0.3) is 0 Å². The molecule has 0 amide bonds. The summed E-state index contributed by atoms with van der Waals surface area (Å²) in [5.41, 5.74) is 0. The lowest BCUT2D eigenvalue weighted by molar-refractivity contribution is 0.137. The molecule has 14 heavy (non-hydrogen) atoms. The van der Waals surface area contributed by atoms with Gasteiger partial charge < -0.3 is 0 Å². The fourth-order valence-electron chi connectivity index (χ4n) is 2.87. The van der Waals surface area contributed by atoms with Crippen molar-refractivity contribution in [2.24, 2.45) is 11.8 Å². The van der Waals surface area contributed by atoms with E-state index in [0.29, 0.717) is 5.92 Å². The third-order valence-corrected chi connectivity index (χ3v) is 4.99. The maximum absolute atomic E-state index is 11.4. The highest BCUT2D eigenvalue weighted by atomic mass is 32.2. The number of piperidine rings is 1. The van der Waals surface area contributed by atoms with Crippen LogP contribution in [0.2, 0.25) is 0 Å². The van der Waals surface area contributed by atoms with Gasteiger partial charge in [-0.1, -0.05) is 19.3 Å². The van der Waals surface area contributed by atoms with Crippen LogP contribution < -0.4 is 0 Å². The van der Waals surface area contributed by atoms with Gasteiger partial charge in [-0.25, -0.2) is 12.7 Å². The molecule has 82 valence electrons. The lowest BCUT2D eigenvalue weighted by Gasteiger charge is -2.40. The smallest absolute Gasteiger partial charge is 0.211 e. The molecule has 1 saturated heterocycles. The van der Waals surface area contributed by atoms with Crippen LogP contribution in [0.1, 0.15) is 32.1 Å². The molecule has 0 bridgehead atoms. The van der Waals surface area contributed by atoms with E-state index in [1.54, 1.807) is 4.31 Å². The van der Waals surface area contributed by atoms with Crippen LogP contribution in [0, 0.1) is 11.8 Å². The molecule has 3 nitrogen and oxygen atoms in total. The summed E-state index contributed by atoms with van der Waals surface area (Å²) in [5.74, 6) is 1.45. The Morgan fingerprint density at radius 2 is 1.71 bits per heavy atom. The van der Waals surface area contributed by atoms with Crippen molar-refractivity contribution < 1.29 is 8.42 Å². The Bertz CT molecular complexity index is 299. The van der Waals surface area contributed by atoms with E-state index in [0.717, 1.165) is 25.4 Å². The first-order chi connectivity index (χ1) is 6.57. The van der Waals surface area contributed by atoms with E-state index in [1.807, 2.05) is 0 Å². The molecule has 0 N–H and O–H groups in total. The minimum absolute atomic E-state index is 0.646. The zero-order valence-electron chi connectivity index (χ0n) is 8.78. The van der Waals surface area contributed by atoms with E-state index in [4.69, 9.17) is 0 Å². The van der Waals surface area contributed by atoms with Gasteiger partial charge in [0, 0.05) is 13.1 Å². The van der Waals surface area contributed by atoms with Crippen molar-refractivity contribution in [3.63, 3.8) is 0 Å². The van der Waals surface area contributed by atoms with Gasteiger partial charge in [0.15, 0.2) is 0 Å². The zero-order valence-corrected chi connectivity index (χ0v) is 9.59. The molecule has 1 saturated carbocycles. The number of fused-ring (bicyclic) bond motifs is 1. The van der Waals surface area contributed by atoms with Gasteiger partial charge in [0.05, 0.1) is 6.26 Å². The third-order valence-electron chi connectivity index (χ3n) is 3.72. The monoisotopic (exact) mass is 217 g/mol. The first-order valence-corrected chi connectivity index (χ1v) is 7.37. The maximum Gasteiger partial charge on any atom is 0.211 e. The molecule has 1 heterocycles. The molecule has 2 aliphatic rings. The second kappa shape index (κ2) is 3.81. The molecular formula is C10H19NO2S. The summed E-state index contributed by atoms with van der Waals surface area (Å²) in [6.45, 7) is 1.53. The molecule has 1 aliphatic heterocycles. The Morgan fingerprint density at radius 1 is 1.07 bits per heavy atom. The van der Waals surface area contributed by atoms with Crippen molar-refractivity contribution in [1.82, 2.24) is 4.31 Å². The normalized spacial score (nSPS) is 35.2. The lowest BCUT2D eigenvalue weighted by Crippen LogP contribution is -2.44. The summed E-state index contributed by atoms with van der Waals surface area (Å²) in [6.07, 6.45) is 7.60. The van der Waals surface area contributed by atoms with Crippen molar-refractivity contribution in [3.8, 4) is 0 Å². The molecule has 2 fully saturated rings. The molecule has 0 radical (unpaired) electrons. The Kier molecular flexibility index (Phi) is 2.84. The zero-order chi connectivity index (χ0) is 10.2. The second-order valence-corrected chi connectivity index (χ2v) is 6.70. The standard InChI is InChI=1S/C10H19NO2S/c1-14(12,13)11-7-6-9-4-2-3-5-10(9)8-11/h9-10H,2-8H2,1H3. The average molecular weight is 217 g/mol. The highest BCUT2D eigenvalue weighted by Gasteiger charge is 2.33. The summed E-state index contributed by atoms with van der Waals surface area (Å²) in [5, 5.41) is 0. The van der Waals surface area contributed by atoms with Gasteiger partial charge in [-0.3, -0.25) is 0 Å². The maximum atomic E-state index is 11.4. The van der Waals surface area contributed by atoms with Crippen LogP contribution in [0.25, 0.3) is 0 Å². The highest BCUT2D eigenvalue weighted by Crippen LogP contribution is 2.36. The van der Waals surface area contributed by atoms with Gasteiger partial charge in [-0.05, 0) is 24.7 Å². The summed E-state index contributed by atoms with van der Waals surface area (Å²) in [7, 11) is -2.94. The highest BCUT2D eigenvalue weighted by molar-refractivity contribution is 7.88. The fraction of sp³-hybridized carbons (Fsp3) is 1.00. The van der Waals surface area contributed by atoms with Crippen LogP contribution in [0.15, 0.2) is 0 Å². The minimum atomic E-state index is -2.94. The van der Waals surface area contributed by atoms with E-state index < -0.39 is 10.0 Å². The van der Waals surface area contributed by atoms with Crippen LogP contribution in [0.4, 0.5) is 0 Å². The minimum Gasteiger partial charge on any atom is -0.213 e. The average Bonchev–Trinajstić information content (AvgIpc) is 2.16. The van der Waals surface area contributed by atoms with Crippen molar-refractivity contribution in [1.29, 1.82) is 0 Å². The van der Waals surface area contributed by atoms with Crippen LogP contribution in [0.5, 0.6) is 0 Å². The summed E-state index contributed by atoms with van der Waals surface area (Å²) >= 11 is 0. The predicted octanol–water partition coefficient (Wildman–Crippen LogP) is 1.46. The van der Waals surface area contributed by atoms with E-state index >= 15 is 0 Å². The molecule has 1 aliphatic carbocycles. The summed E-state index contributed by atoms with van der Waals surface area (Å²) < 4.78 is 24.4. The quantitative estimate of drug-likeness (QED) is 0.667. The first-order valence-electron chi connectivity index (χ1n) is 5.52. The third kappa shape index (κ3) is 2.11. The molecule has 0 spiro atoms. The molecule has 0 aromatic carbocycles. The van der Waals surface area contributed by atoms with Crippen LogP contribution in [-0.2, 0) is 10.0 Å². The van der Waals surface area contributed by atoms with E-state index in [1.165, 1.54) is 31.9 Å². The number of rotatable bonds is 1. The molecule has 2 atom stereocenters. The number of hydrogen-bond acceptors (Lipinski definition) is 2. The first kappa shape index (κ1) is 10.4. The van der Waals surface area contributed by atoms with Crippen LogP contribution >= 0.6 is 0 Å². The van der Waals surface area contributed by atoms with Gasteiger partial charge >= 0.3 is 0 Å². The lowest BCUT2D eigenvalue weighted by atomic mass is 9.76. The topological polar surface area (TPSA) is 37.4 Å². The molecule has 2 rings (SSSR count). The Labute approximate surface area is 86.5 Å². The number of nitrogens with zero attached hydrogens (tertiary/aromatic N) is 1. The Hall–Kier alpha value is -0.0900. The van der Waals surface area contributed by atoms with Gasteiger partial charge in [-0.15, -0.1) is 0 Å². The van der Waals surface area contributed by atoms with Gasteiger partial charge in [-0.2, -0.15) is 0 Å². The molecule has 2 unspecified atom stereocenters. The summed E-state index contributed by atoms with van der Waals surface area (Å²) in [4.78, 5) is 0. The van der Waals surface area contributed by atoms with Gasteiger partial charge in [0.1, 0.15) is 0 Å². The van der Waals surface area contributed by atoms with Crippen molar-refractivity contribution in [3.05, 3.63) is 0 Å². The predicted molar refractivity (Wildman–Crippen MR) is 56.5 cm³/mol. The fourth-order valence-corrected chi connectivity index (χ4v) is 3.77. The number of sulfonamides is 1. The van der Waals surface area contributed by atoms with E-state index in [9.17, 15) is 8.42 Å². The van der Waals surface area contributed by atoms with E-state index in [-0.39, 0.29) is 0 Å². The van der Waals surface area contributed by atoms with Crippen molar-refractivity contribution >= 4 is 10.0 Å². The Balaban J connectivity index is 2.03. The summed E-state index contributed by atoms with van der Waals surface area (Å²) in [6, 6.07) is 0. The molecule has 0 aromatic rings. The van der Waals surface area contributed by atoms with Crippen LogP contribution in [0.3, 0.4) is 0 Å². The van der Waals surface area contributed by atoms with Gasteiger partial charge in [0.2, 0.25) is 10.0 Å². The number of hydrogen-bond donors (Lipinski definition) is 0. The largest absolute Gasteiger partial charge is 0.213 e.